The first kappa shape index (κ1) is 13.2. The van der Waals surface area contributed by atoms with Crippen molar-refractivity contribution >= 4 is 32.6 Å². The van der Waals surface area contributed by atoms with Gasteiger partial charge in [-0.1, -0.05) is 0 Å². The topological polar surface area (TPSA) is 72.8 Å². The van der Waals surface area contributed by atoms with Gasteiger partial charge in [-0.15, -0.1) is 11.6 Å². The smallest absolute Gasteiger partial charge is 0.198 e. The second-order valence-electron chi connectivity index (χ2n) is 3.88. The number of alkyl halides is 1. The summed E-state index contributed by atoms with van der Waals surface area (Å²) < 4.78 is 24.4. The fraction of sp³-hybridized carbons (Fsp3) is 0.364. The second kappa shape index (κ2) is 5.16. The molecular formula is C11H12ClN3O2S. The maximum atomic E-state index is 12.2. The molecule has 0 amide bonds. The molecule has 18 heavy (non-hydrogen) atoms. The van der Waals surface area contributed by atoms with Crippen LogP contribution >= 0.6 is 11.6 Å². The zero-order valence-electron chi connectivity index (χ0n) is 9.75. The summed E-state index contributed by atoms with van der Waals surface area (Å²) >= 11 is 5.58. The number of halogens is 1. The van der Waals surface area contributed by atoms with Gasteiger partial charge < -0.3 is 0 Å². The van der Waals surface area contributed by atoms with E-state index in [-0.39, 0.29) is 5.03 Å². The molecule has 0 saturated heterocycles. The average molecular weight is 286 g/mol. The van der Waals surface area contributed by atoms with E-state index in [0.29, 0.717) is 23.5 Å². The van der Waals surface area contributed by atoms with Crippen LogP contribution in [0.15, 0.2) is 29.6 Å². The molecule has 7 heteroatoms. The highest BCUT2D eigenvalue weighted by atomic mass is 35.5. The molecule has 0 N–H and O–H groups in total. The summed E-state index contributed by atoms with van der Waals surface area (Å²) in [7, 11) is -3.46. The molecule has 1 unspecified atom stereocenters. The minimum atomic E-state index is -3.46. The lowest BCUT2D eigenvalue weighted by atomic mass is 10.4. The average Bonchev–Trinajstić information content (AvgIpc) is 2.38. The van der Waals surface area contributed by atoms with Crippen LogP contribution in [0.2, 0.25) is 0 Å². The van der Waals surface area contributed by atoms with Gasteiger partial charge in [-0.2, -0.15) is 0 Å². The van der Waals surface area contributed by atoms with Gasteiger partial charge in [-0.3, -0.25) is 4.98 Å². The molecule has 2 aromatic heterocycles. The summed E-state index contributed by atoms with van der Waals surface area (Å²) in [5.74, 6) is 0.299. The third-order valence-corrected chi connectivity index (χ3v) is 4.97. The summed E-state index contributed by atoms with van der Waals surface area (Å²) in [4.78, 5) is 12.1. The summed E-state index contributed by atoms with van der Waals surface area (Å²) in [6, 6.07) is 3.06. The van der Waals surface area contributed by atoms with Crippen molar-refractivity contribution in [3.05, 3.63) is 24.5 Å². The predicted molar refractivity (Wildman–Crippen MR) is 69.3 cm³/mol. The first-order chi connectivity index (χ1) is 8.55. The molecule has 96 valence electrons. The maximum absolute atomic E-state index is 12.2. The molecule has 0 aliphatic carbocycles. The van der Waals surface area contributed by atoms with Crippen LogP contribution in [0.25, 0.3) is 11.2 Å². The van der Waals surface area contributed by atoms with Gasteiger partial charge in [0.25, 0.3) is 0 Å². The number of sulfone groups is 1. The van der Waals surface area contributed by atoms with Crippen molar-refractivity contribution in [2.24, 2.45) is 0 Å². The Hall–Kier alpha value is -1.27. The van der Waals surface area contributed by atoms with Crippen molar-refractivity contribution in [2.45, 2.75) is 23.6 Å². The summed E-state index contributed by atoms with van der Waals surface area (Å²) in [6.07, 6.45) is 3.41. The Kier molecular flexibility index (Phi) is 3.77. The Morgan fingerprint density at radius 1 is 1.28 bits per heavy atom. The van der Waals surface area contributed by atoms with E-state index in [2.05, 4.69) is 15.0 Å². The fourth-order valence-corrected chi connectivity index (χ4v) is 3.28. The summed E-state index contributed by atoms with van der Waals surface area (Å²) in [6.45, 7) is 1.63. The van der Waals surface area contributed by atoms with Crippen molar-refractivity contribution < 1.29 is 8.42 Å². The molecule has 0 bridgehead atoms. The Labute approximate surface area is 110 Å². The lowest BCUT2D eigenvalue weighted by molar-refractivity contribution is 0.578. The molecule has 0 spiro atoms. The number of hydrogen-bond acceptors (Lipinski definition) is 5. The fourth-order valence-electron chi connectivity index (χ4n) is 1.51. The van der Waals surface area contributed by atoms with E-state index < -0.39 is 15.1 Å². The van der Waals surface area contributed by atoms with E-state index in [1.165, 1.54) is 18.5 Å². The van der Waals surface area contributed by atoms with Gasteiger partial charge in [0.1, 0.15) is 5.52 Å². The third-order valence-electron chi connectivity index (χ3n) is 2.64. The van der Waals surface area contributed by atoms with E-state index in [4.69, 9.17) is 11.6 Å². The molecule has 0 fully saturated rings. The highest BCUT2D eigenvalue weighted by Gasteiger charge is 2.24. The van der Waals surface area contributed by atoms with E-state index in [1.54, 1.807) is 13.0 Å². The van der Waals surface area contributed by atoms with Crippen molar-refractivity contribution in [1.82, 2.24) is 15.0 Å². The molecule has 0 radical (unpaired) electrons. The number of fused-ring (bicyclic) bond motifs is 1. The van der Waals surface area contributed by atoms with Gasteiger partial charge in [0, 0.05) is 18.3 Å². The molecule has 0 aliphatic rings. The Morgan fingerprint density at radius 2 is 2.00 bits per heavy atom. The number of hydrogen-bond donors (Lipinski definition) is 0. The lowest BCUT2D eigenvalue weighted by Crippen LogP contribution is -2.19. The zero-order valence-corrected chi connectivity index (χ0v) is 11.3. The standard InChI is InChI=1S/C11H12ClN3O2S/c1-8(4-5-12)18(16,17)10-3-2-9-11(15-10)14-7-6-13-9/h2-3,6-8H,4-5H2,1H3. The molecule has 0 aromatic carbocycles. The summed E-state index contributed by atoms with van der Waals surface area (Å²) in [5.41, 5.74) is 0.901. The van der Waals surface area contributed by atoms with Gasteiger partial charge in [0.2, 0.25) is 0 Å². The van der Waals surface area contributed by atoms with E-state index >= 15 is 0 Å². The molecule has 5 nitrogen and oxygen atoms in total. The molecule has 2 rings (SSSR count). The number of rotatable bonds is 4. The van der Waals surface area contributed by atoms with E-state index in [9.17, 15) is 8.42 Å². The zero-order chi connectivity index (χ0) is 13.2. The second-order valence-corrected chi connectivity index (χ2v) is 6.57. The largest absolute Gasteiger partial charge is 0.251 e. The summed E-state index contributed by atoms with van der Waals surface area (Å²) in [5, 5.41) is -0.537. The van der Waals surface area contributed by atoms with Crippen molar-refractivity contribution in [3.8, 4) is 0 Å². The highest BCUT2D eigenvalue weighted by Crippen LogP contribution is 2.18. The van der Waals surface area contributed by atoms with Crippen LogP contribution in [-0.4, -0.2) is 34.5 Å². The number of pyridine rings is 1. The quantitative estimate of drug-likeness (QED) is 0.801. The first-order valence-corrected chi connectivity index (χ1v) is 7.51. The first-order valence-electron chi connectivity index (χ1n) is 5.43. The van der Waals surface area contributed by atoms with Gasteiger partial charge in [0.05, 0.1) is 5.25 Å². The lowest BCUT2D eigenvalue weighted by Gasteiger charge is -2.10. The van der Waals surface area contributed by atoms with Crippen LogP contribution in [-0.2, 0) is 9.84 Å². The highest BCUT2D eigenvalue weighted by molar-refractivity contribution is 7.92. The van der Waals surface area contributed by atoms with Crippen LogP contribution in [0.3, 0.4) is 0 Å². The van der Waals surface area contributed by atoms with Crippen molar-refractivity contribution in [2.75, 3.05) is 5.88 Å². The molecule has 2 aromatic rings. The maximum Gasteiger partial charge on any atom is 0.198 e. The van der Waals surface area contributed by atoms with Gasteiger partial charge >= 0.3 is 0 Å². The van der Waals surface area contributed by atoms with Crippen molar-refractivity contribution in [3.63, 3.8) is 0 Å². The van der Waals surface area contributed by atoms with Crippen LogP contribution in [0.4, 0.5) is 0 Å². The molecule has 2 heterocycles. The SMILES string of the molecule is CC(CCCl)S(=O)(=O)c1ccc2nccnc2n1. The van der Waals surface area contributed by atoms with Crippen LogP contribution in [0, 0.1) is 0 Å². The Morgan fingerprint density at radius 3 is 2.72 bits per heavy atom. The van der Waals surface area contributed by atoms with Crippen LogP contribution < -0.4 is 0 Å². The Bertz CT molecular complexity index is 660. The number of nitrogens with zero attached hydrogens (tertiary/aromatic N) is 3. The Balaban J connectivity index is 2.48. The minimum Gasteiger partial charge on any atom is -0.251 e. The van der Waals surface area contributed by atoms with E-state index in [0.717, 1.165) is 0 Å². The normalized spacial score (nSPS) is 13.7. The van der Waals surface area contributed by atoms with Crippen molar-refractivity contribution in [1.29, 1.82) is 0 Å². The van der Waals surface area contributed by atoms with E-state index in [1.807, 2.05) is 0 Å². The van der Waals surface area contributed by atoms with Gasteiger partial charge in [-0.05, 0) is 25.5 Å². The van der Waals surface area contributed by atoms with Gasteiger partial charge in [-0.25, -0.2) is 18.4 Å². The predicted octanol–water partition coefficient (Wildman–Crippen LogP) is 1.82. The number of aromatic nitrogens is 3. The molecule has 0 aliphatic heterocycles. The van der Waals surface area contributed by atoms with Gasteiger partial charge in [0.15, 0.2) is 20.5 Å². The molecule has 0 saturated carbocycles. The third kappa shape index (κ3) is 2.44. The van der Waals surface area contributed by atoms with Crippen LogP contribution in [0.1, 0.15) is 13.3 Å². The van der Waals surface area contributed by atoms with Crippen LogP contribution in [0.5, 0.6) is 0 Å². The molecular weight excluding hydrogens is 274 g/mol. The molecule has 1 atom stereocenters. The minimum absolute atomic E-state index is 0.0214. The monoisotopic (exact) mass is 285 g/mol.